The Morgan fingerprint density at radius 3 is 2.77 bits per heavy atom. The van der Waals surface area contributed by atoms with Crippen molar-refractivity contribution in [1.29, 1.82) is 0 Å². The second kappa shape index (κ2) is 9.31. The monoisotopic (exact) mass is 446 g/mol. The average Bonchev–Trinajstić information content (AvgIpc) is 3.38. The summed E-state index contributed by atoms with van der Waals surface area (Å²) in [6.45, 7) is 9.86. The molecule has 3 aromatic rings. The number of rotatable bonds is 8. The number of carbonyl (C=O) groups is 2. The van der Waals surface area contributed by atoms with E-state index in [0.29, 0.717) is 28.1 Å². The first-order chi connectivity index (χ1) is 14.4. The minimum atomic E-state index is -0.467. The molecule has 0 aliphatic heterocycles. The molecule has 0 bridgehead atoms. The zero-order chi connectivity index (χ0) is 21.8. The first-order valence-electron chi connectivity index (χ1n) is 9.06. The van der Waals surface area contributed by atoms with E-state index in [1.165, 1.54) is 30.2 Å². The summed E-state index contributed by atoms with van der Waals surface area (Å²) in [5, 5.41) is 12.4. The maximum absolute atomic E-state index is 12.6. The van der Waals surface area contributed by atoms with E-state index in [4.69, 9.17) is 9.15 Å². The third-order valence-corrected chi connectivity index (χ3v) is 6.58. The van der Waals surface area contributed by atoms with Gasteiger partial charge in [0.05, 0.1) is 30.3 Å². The van der Waals surface area contributed by atoms with Crippen LogP contribution in [0.4, 0.5) is 5.00 Å². The summed E-state index contributed by atoms with van der Waals surface area (Å²) in [6.07, 6.45) is 3.34. The molecule has 0 unspecified atom stereocenters. The topological polar surface area (TPSA) is 99.2 Å². The first-order valence-corrected chi connectivity index (χ1v) is 10.9. The molecule has 0 aliphatic rings. The number of allylic oxidation sites excluding steroid dienone is 1. The number of hydrogen-bond acceptors (Lipinski definition) is 8. The van der Waals surface area contributed by atoms with E-state index < -0.39 is 5.97 Å². The molecule has 3 heterocycles. The number of anilines is 1. The summed E-state index contributed by atoms with van der Waals surface area (Å²) in [5.74, 6) is 0.782. The predicted molar refractivity (Wildman–Crippen MR) is 117 cm³/mol. The van der Waals surface area contributed by atoms with Crippen molar-refractivity contribution in [3.05, 3.63) is 46.7 Å². The van der Waals surface area contributed by atoms with Crippen LogP contribution in [0, 0.1) is 20.8 Å². The highest BCUT2D eigenvalue weighted by Gasteiger charge is 2.22. The van der Waals surface area contributed by atoms with E-state index in [-0.39, 0.29) is 11.7 Å². The van der Waals surface area contributed by atoms with Crippen molar-refractivity contribution in [2.24, 2.45) is 0 Å². The second-order valence-electron chi connectivity index (χ2n) is 6.41. The number of furan rings is 1. The van der Waals surface area contributed by atoms with E-state index in [1.54, 1.807) is 12.3 Å². The zero-order valence-corrected chi connectivity index (χ0v) is 18.8. The number of amides is 1. The average molecular weight is 447 g/mol. The van der Waals surface area contributed by atoms with Gasteiger partial charge in [0.15, 0.2) is 11.0 Å². The lowest BCUT2D eigenvalue weighted by Gasteiger charge is -2.08. The van der Waals surface area contributed by atoms with Crippen molar-refractivity contribution >= 4 is 40.0 Å². The summed E-state index contributed by atoms with van der Waals surface area (Å²) in [4.78, 5) is 25.6. The van der Waals surface area contributed by atoms with Crippen molar-refractivity contribution in [3.63, 3.8) is 0 Å². The van der Waals surface area contributed by atoms with Crippen molar-refractivity contribution in [1.82, 2.24) is 14.8 Å². The van der Waals surface area contributed by atoms with Gasteiger partial charge in [0.1, 0.15) is 10.8 Å². The Hall–Kier alpha value is -2.85. The van der Waals surface area contributed by atoms with Gasteiger partial charge in [-0.25, -0.2) is 4.79 Å². The van der Waals surface area contributed by atoms with Gasteiger partial charge in [-0.1, -0.05) is 17.8 Å². The number of aryl methyl sites for hydroxylation is 2. The van der Waals surface area contributed by atoms with Gasteiger partial charge in [-0.15, -0.1) is 28.1 Å². The Morgan fingerprint density at radius 2 is 2.13 bits per heavy atom. The fourth-order valence-electron chi connectivity index (χ4n) is 2.86. The Bertz CT molecular complexity index is 1100. The molecule has 30 heavy (non-hydrogen) atoms. The normalized spacial score (nSPS) is 10.8. The number of nitrogens with one attached hydrogen (secondary N) is 1. The molecule has 0 spiro atoms. The minimum Gasteiger partial charge on any atom is -0.469 e. The summed E-state index contributed by atoms with van der Waals surface area (Å²) in [6, 6.07) is 1.83. The zero-order valence-electron chi connectivity index (χ0n) is 17.1. The van der Waals surface area contributed by atoms with Crippen molar-refractivity contribution in [2.75, 3.05) is 18.2 Å². The summed E-state index contributed by atoms with van der Waals surface area (Å²) in [5.41, 5.74) is 2.04. The van der Waals surface area contributed by atoms with Gasteiger partial charge in [-0.3, -0.25) is 9.36 Å². The molecule has 0 saturated heterocycles. The molecule has 158 valence electrons. The van der Waals surface area contributed by atoms with Crippen LogP contribution in [0.2, 0.25) is 0 Å². The van der Waals surface area contributed by atoms with Gasteiger partial charge >= 0.3 is 5.97 Å². The predicted octanol–water partition coefficient (Wildman–Crippen LogP) is 4.23. The van der Waals surface area contributed by atoms with Crippen LogP contribution in [-0.4, -0.2) is 39.5 Å². The third-order valence-electron chi connectivity index (χ3n) is 4.49. The van der Waals surface area contributed by atoms with Gasteiger partial charge < -0.3 is 14.5 Å². The van der Waals surface area contributed by atoms with Gasteiger partial charge in [0.25, 0.3) is 0 Å². The Morgan fingerprint density at radius 1 is 1.37 bits per heavy atom. The van der Waals surface area contributed by atoms with Crippen LogP contribution in [0.5, 0.6) is 0 Å². The molecule has 1 amide bonds. The molecule has 1 N–H and O–H groups in total. The van der Waals surface area contributed by atoms with Gasteiger partial charge in [-0.05, 0) is 32.4 Å². The molecule has 0 aromatic carbocycles. The quantitative estimate of drug-likeness (QED) is 0.314. The Kier molecular flexibility index (Phi) is 6.78. The lowest BCUT2D eigenvalue weighted by Crippen LogP contribution is -2.16. The van der Waals surface area contributed by atoms with Crippen LogP contribution in [-0.2, 0) is 16.1 Å². The molecule has 3 rings (SSSR count). The summed E-state index contributed by atoms with van der Waals surface area (Å²) >= 11 is 2.61. The maximum atomic E-state index is 12.6. The standard InChI is InChI=1S/C20H22N4O4S2/c1-6-8-24-17(14-7-9-28-12(14)3)22-23-20(24)29-10-15(25)21-18-16(19(26)27-5)11(2)13(4)30-18/h6-7,9H,1,8,10H2,2-5H3,(H,21,25). The highest BCUT2D eigenvalue weighted by atomic mass is 32.2. The number of thiophene rings is 1. The number of ether oxygens (including phenoxy) is 1. The molecule has 10 heteroatoms. The third kappa shape index (κ3) is 4.34. The fraction of sp³-hybridized carbons (Fsp3) is 0.300. The van der Waals surface area contributed by atoms with Crippen molar-refractivity contribution in [3.8, 4) is 11.4 Å². The molecule has 0 aliphatic carbocycles. The van der Waals surface area contributed by atoms with Crippen LogP contribution < -0.4 is 5.32 Å². The number of hydrogen-bond donors (Lipinski definition) is 1. The SMILES string of the molecule is C=CCn1c(SCC(=O)Nc2sc(C)c(C)c2C(=O)OC)nnc1-c1ccoc1C. The van der Waals surface area contributed by atoms with E-state index in [1.807, 2.05) is 31.4 Å². The van der Waals surface area contributed by atoms with Crippen LogP contribution in [0.25, 0.3) is 11.4 Å². The molecular formula is C20H22N4O4S2. The van der Waals surface area contributed by atoms with Gasteiger partial charge in [0, 0.05) is 11.4 Å². The van der Waals surface area contributed by atoms with E-state index in [0.717, 1.165) is 21.8 Å². The number of thioether (sulfide) groups is 1. The van der Waals surface area contributed by atoms with Crippen LogP contribution in [0.3, 0.4) is 0 Å². The highest BCUT2D eigenvalue weighted by Crippen LogP contribution is 2.33. The second-order valence-corrected chi connectivity index (χ2v) is 8.58. The number of esters is 1. The Labute approximate surface area is 182 Å². The molecule has 8 nitrogen and oxygen atoms in total. The first kappa shape index (κ1) is 21.8. The molecular weight excluding hydrogens is 424 g/mol. The maximum Gasteiger partial charge on any atom is 0.341 e. The smallest absolute Gasteiger partial charge is 0.341 e. The van der Waals surface area contributed by atoms with E-state index >= 15 is 0 Å². The minimum absolute atomic E-state index is 0.107. The molecule has 0 fully saturated rings. The van der Waals surface area contributed by atoms with Gasteiger partial charge in [-0.2, -0.15) is 0 Å². The Balaban J connectivity index is 1.75. The molecule has 0 radical (unpaired) electrons. The van der Waals surface area contributed by atoms with Crippen LogP contribution >= 0.6 is 23.1 Å². The fourth-order valence-corrected chi connectivity index (χ4v) is 4.67. The largest absolute Gasteiger partial charge is 0.469 e. The van der Waals surface area contributed by atoms with Crippen molar-refractivity contribution in [2.45, 2.75) is 32.5 Å². The van der Waals surface area contributed by atoms with Crippen LogP contribution in [0.1, 0.15) is 26.6 Å². The molecule has 0 saturated carbocycles. The lowest BCUT2D eigenvalue weighted by atomic mass is 10.1. The van der Waals surface area contributed by atoms with Gasteiger partial charge in [0.2, 0.25) is 5.91 Å². The number of nitrogens with zero attached hydrogens (tertiary/aromatic N) is 3. The lowest BCUT2D eigenvalue weighted by molar-refractivity contribution is -0.113. The van der Waals surface area contributed by atoms with E-state index in [9.17, 15) is 9.59 Å². The number of carbonyl (C=O) groups excluding carboxylic acids is 2. The van der Waals surface area contributed by atoms with E-state index in [2.05, 4.69) is 22.1 Å². The molecule has 0 atom stereocenters. The number of aromatic nitrogens is 3. The van der Waals surface area contributed by atoms with Crippen LogP contribution in [0.15, 0.2) is 34.6 Å². The highest BCUT2D eigenvalue weighted by molar-refractivity contribution is 7.99. The number of methoxy groups -OCH3 is 1. The summed E-state index contributed by atoms with van der Waals surface area (Å²) < 4.78 is 12.1. The van der Waals surface area contributed by atoms with Crippen molar-refractivity contribution < 1.29 is 18.7 Å². The summed E-state index contributed by atoms with van der Waals surface area (Å²) in [7, 11) is 1.32. The molecule has 3 aromatic heterocycles.